The Hall–Kier alpha value is -2.09. The summed E-state index contributed by atoms with van der Waals surface area (Å²) >= 11 is 3.42. The van der Waals surface area contributed by atoms with Gasteiger partial charge in [0.25, 0.3) is 0 Å². The zero-order valence-corrected chi connectivity index (χ0v) is 19.2. The minimum absolute atomic E-state index is 0.271. The highest BCUT2D eigenvalue weighted by molar-refractivity contribution is 9.10. The summed E-state index contributed by atoms with van der Waals surface area (Å²) in [6, 6.07) is 13.0. The summed E-state index contributed by atoms with van der Waals surface area (Å²) in [6.07, 6.45) is 3.48. The molecule has 2 aromatic rings. The molecule has 0 bridgehead atoms. The Kier molecular flexibility index (Phi) is 7.48. The molecule has 1 fully saturated rings. The largest absolute Gasteiger partial charge is 0.493 e. The first-order valence-electron chi connectivity index (χ1n) is 11.0. The van der Waals surface area contributed by atoms with Gasteiger partial charge in [-0.15, -0.1) is 0 Å². The van der Waals surface area contributed by atoms with Crippen LogP contribution in [-0.4, -0.2) is 48.3 Å². The van der Waals surface area contributed by atoms with Gasteiger partial charge >= 0.3 is 6.03 Å². The number of benzene rings is 2. The maximum atomic E-state index is 12.7. The van der Waals surface area contributed by atoms with Gasteiger partial charge in [-0.25, -0.2) is 4.79 Å². The molecule has 0 aliphatic carbocycles. The lowest BCUT2D eigenvalue weighted by molar-refractivity contribution is 0.109. The molecule has 0 radical (unpaired) electrons. The summed E-state index contributed by atoms with van der Waals surface area (Å²) in [5, 5.41) is 17.1. The quantitative estimate of drug-likeness (QED) is 0.555. The molecule has 0 spiro atoms. The molecule has 0 aromatic heterocycles. The monoisotopic (exact) mass is 487 g/mol. The molecule has 2 heterocycles. The van der Waals surface area contributed by atoms with E-state index in [1.165, 1.54) is 0 Å². The standard InChI is InChI=1S/C24H30BrN3O3/c25-20-8-5-17(6-9-20)15-26-24(30)27-21(16-28-11-1-2-12-28)23(29)19-7-10-22-18(14-19)4-3-13-31-22/h5-10,14,21,23,29H,1-4,11-13,15-16H2,(H2,26,27,30)/t21-,23-/m1/s1. The molecular formula is C24H30BrN3O3. The maximum absolute atomic E-state index is 12.7. The third-order valence-electron chi connectivity index (χ3n) is 5.99. The van der Waals surface area contributed by atoms with Crippen molar-refractivity contribution in [1.82, 2.24) is 15.5 Å². The van der Waals surface area contributed by atoms with Gasteiger partial charge in [-0.2, -0.15) is 0 Å². The van der Waals surface area contributed by atoms with Crippen molar-refractivity contribution in [3.05, 3.63) is 63.6 Å². The van der Waals surface area contributed by atoms with Crippen LogP contribution in [0.3, 0.4) is 0 Å². The average Bonchev–Trinajstić information content (AvgIpc) is 3.30. The molecule has 7 heteroatoms. The molecule has 0 saturated carbocycles. The predicted octanol–water partition coefficient (Wildman–Crippen LogP) is 3.77. The number of carbonyl (C=O) groups is 1. The highest BCUT2D eigenvalue weighted by Gasteiger charge is 2.27. The smallest absolute Gasteiger partial charge is 0.315 e. The Bertz CT molecular complexity index is 884. The highest BCUT2D eigenvalue weighted by Crippen LogP contribution is 2.29. The first-order chi connectivity index (χ1) is 15.1. The van der Waals surface area contributed by atoms with Crippen LogP contribution in [0.4, 0.5) is 4.79 Å². The number of aryl methyl sites for hydroxylation is 1. The van der Waals surface area contributed by atoms with Gasteiger partial charge in [0, 0.05) is 17.6 Å². The highest BCUT2D eigenvalue weighted by atomic mass is 79.9. The van der Waals surface area contributed by atoms with E-state index in [0.29, 0.717) is 13.1 Å². The summed E-state index contributed by atoms with van der Waals surface area (Å²) in [4.78, 5) is 15.0. The van der Waals surface area contributed by atoms with Crippen molar-refractivity contribution >= 4 is 22.0 Å². The molecule has 166 valence electrons. The Morgan fingerprint density at radius 2 is 1.90 bits per heavy atom. The van der Waals surface area contributed by atoms with Crippen molar-refractivity contribution in [2.24, 2.45) is 0 Å². The molecule has 4 rings (SSSR count). The summed E-state index contributed by atoms with van der Waals surface area (Å²) in [5.41, 5.74) is 2.97. The van der Waals surface area contributed by atoms with Crippen LogP contribution in [0, 0.1) is 0 Å². The Labute approximate surface area is 192 Å². The fourth-order valence-electron chi connectivity index (χ4n) is 4.27. The third kappa shape index (κ3) is 5.99. The number of hydrogen-bond acceptors (Lipinski definition) is 4. The molecule has 2 aromatic carbocycles. The SMILES string of the molecule is O=C(NCc1ccc(Br)cc1)N[C@H](CN1CCCC1)[C@H](O)c1ccc2c(c1)CCCO2. The number of likely N-dealkylation sites (tertiary alicyclic amines) is 1. The van der Waals surface area contributed by atoms with Crippen molar-refractivity contribution in [2.45, 2.75) is 44.4 Å². The summed E-state index contributed by atoms with van der Waals surface area (Å²) in [7, 11) is 0. The van der Waals surface area contributed by atoms with Crippen molar-refractivity contribution in [2.75, 3.05) is 26.2 Å². The van der Waals surface area contributed by atoms with Gasteiger partial charge in [-0.3, -0.25) is 0 Å². The lowest BCUT2D eigenvalue weighted by Crippen LogP contribution is -2.49. The van der Waals surface area contributed by atoms with E-state index < -0.39 is 12.1 Å². The third-order valence-corrected chi connectivity index (χ3v) is 6.52. The van der Waals surface area contributed by atoms with Crippen LogP contribution >= 0.6 is 15.9 Å². The van der Waals surface area contributed by atoms with Crippen molar-refractivity contribution in [3.63, 3.8) is 0 Å². The summed E-state index contributed by atoms with van der Waals surface area (Å²) < 4.78 is 6.70. The van der Waals surface area contributed by atoms with Crippen molar-refractivity contribution in [3.8, 4) is 5.75 Å². The number of aliphatic hydroxyl groups excluding tert-OH is 1. The van der Waals surface area contributed by atoms with E-state index in [9.17, 15) is 9.90 Å². The van der Waals surface area contributed by atoms with Crippen LogP contribution in [0.5, 0.6) is 5.75 Å². The summed E-state index contributed by atoms with van der Waals surface area (Å²) in [6.45, 7) is 3.81. The first kappa shape index (κ1) is 22.1. The lowest BCUT2D eigenvalue weighted by atomic mass is 9.96. The summed E-state index contributed by atoms with van der Waals surface area (Å²) in [5.74, 6) is 0.901. The van der Waals surface area contributed by atoms with E-state index in [-0.39, 0.29) is 6.03 Å². The van der Waals surface area contributed by atoms with Gasteiger partial charge in [-0.05, 0) is 79.7 Å². The van der Waals surface area contributed by atoms with Gasteiger partial charge in [0.2, 0.25) is 0 Å². The number of aliphatic hydroxyl groups is 1. The average molecular weight is 488 g/mol. The van der Waals surface area contributed by atoms with Crippen LogP contribution in [-0.2, 0) is 13.0 Å². The molecule has 0 unspecified atom stereocenters. The number of fused-ring (bicyclic) bond motifs is 1. The molecule has 2 aliphatic heterocycles. The van der Waals surface area contributed by atoms with Crippen LogP contribution in [0.1, 0.15) is 42.1 Å². The Morgan fingerprint density at radius 3 is 2.68 bits per heavy atom. The minimum Gasteiger partial charge on any atom is -0.493 e. The number of ether oxygens (including phenoxy) is 1. The van der Waals surface area contributed by atoms with Crippen molar-refractivity contribution in [1.29, 1.82) is 0 Å². The molecule has 2 amide bonds. The number of nitrogens with zero attached hydrogens (tertiary/aromatic N) is 1. The lowest BCUT2D eigenvalue weighted by Gasteiger charge is -2.29. The number of urea groups is 1. The zero-order valence-electron chi connectivity index (χ0n) is 17.6. The fourth-order valence-corrected chi connectivity index (χ4v) is 4.53. The molecular weight excluding hydrogens is 458 g/mol. The molecule has 6 nitrogen and oxygen atoms in total. The molecule has 31 heavy (non-hydrogen) atoms. The number of rotatable bonds is 7. The van der Waals surface area contributed by atoms with Gasteiger partial charge in [-0.1, -0.05) is 34.1 Å². The second kappa shape index (κ2) is 10.5. The maximum Gasteiger partial charge on any atom is 0.315 e. The Balaban J connectivity index is 1.42. The van der Waals surface area contributed by atoms with E-state index in [0.717, 1.165) is 72.3 Å². The van der Waals surface area contributed by atoms with Gasteiger partial charge in [0.1, 0.15) is 11.9 Å². The van der Waals surface area contributed by atoms with Crippen LogP contribution in [0.15, 0.2) is 46.9 Å². The van der Waals surface area contributed by atoms with Gasteiger partial charge in [0.05, 0.1) is 12.6 Å². The van der Waals surface area contributed by atoms with E-state index in [1.807, 2.05) is 42.5 Å². The van der Waals surface area contributed by atoms with E-state index >= 15 is 0 Å². The van der Waals surface area contributed by atoms with Crippen molar-refractivity contribution < 1.29 is 14.6 Å². The topological polar surface area (TPSA) is 73.8 Å². The number of halogens is 1. The second-order valence-electron chi connectivity index (χ2n) is 8.33. The number of nitrogens with one attached hydrogen (secondary N) is 2. The van der Waals surface area contributed by atoms with E-state index in [2.05, 4.69) is 31.5 Å². The zero-order chi connectivity index (χ0) is 21.6. The minimum atomic E-state index is -0.786. The van der Waals surface area contributed by atoms with Gasteiger partial charge in [0.15, 0.2) is 0 Å². The number of amides is 2. The Morgan fingerprint density at radius 1 is 1.13 bits per heavy atom. The number of hydrogen-bond donors (Lipinski definition) is 3. The van der Waals surface area contributed by atoms with E-state index in [1.54, 1.807) is 0 Å². The molecule has 2 atom stereocenters. The van der Waals surface area contributed by atoms with Crippen LogP contribution in [0.25, 0.3) is 0 Å². The fraction of sp³-hybridized carbons (Fsp3) is 0.458. The molecule has 3 N–H and O–H groups in total. The second-order valence-corrected chi connectivity index (χ2v) is 9.25. The predicted molar refractivity (Wildman–Crippen MR) is 124 cm³/mol. The van der Waals surface area contributed by atoms with Crippen LogP contribution < -0.4 is 15.4 Å². The van der Waals surface area contributed by atoms with Gasteiger partial charge < -0.3 is 25.4 Å². The first-order valence-corrected chi connectivity index (χ1v) is 11.8. The molecule has 1 saturated heterocycles. The number of carbonyl (C=O) groups excluding carboxylic acids is 1. The van der Waals surface area contributed by atoms with E-state index in [4.69, 9.17) is 4.74 Å². The molecule has 2 aliphatic rings. The van der Waals surface area contributed by atoms with Crippen LogP contribution in [0.2, 0.25) is 0 Å². The normalized spacial score (nSPS) is 18.0.